The zero-order valence-corrected chi connectivity index (χ0v) is 21.2. The molecule has 0 aromatic rings. The van der Waals surface area contributed by atoms with Gasteiger partial charge in [0, 0.05) is 50.7 Å². The molecule has 168 valence electrons. The predicted octanol–water partition coefficient (Wildman–Crippen LogP) is 3.07. The summed E-state index contributed by atoms with van der Waals surface area (Å²) in [6, 6.07) is 0.301. The average Bonchev–Trinajstić information content (AvgIpc) is 3.36. The second kappa shape index (κ2) is 11.2. The summed E-state index contributed by atoms with van der Waals surface area (Å²) in [7, 11) is 1.84. The molecular weight excluding hydrogens is 477 g/mol. The molecule has 1 amide bonds. The van der Waals surface area contributed by atoms with Gasteiger partial charge in [0.2, 0.25) is 5.91 Å². The summed E-state index contributed by atoms with van der Waals surface area (Å²) in [4.78, 5) is 21.8. The zero-order chi connectivity index (χ0) is 20.1. The third-order valence-corrected chi connectivity index (χ3v) is 6.97. The molecule has 0 bridgehead atoms. The Kier molecular flexibility index (Phi) is 9.51. The minimum atomic E-state index is 0. The SMILES string of the molecule is CN=C(NCC(C)(C)N1CCCC(C)C1)NC1CCN(C(=O)C2CCCC2)C1.I. The van der Waals surface area contributed by atoms with E-state index in [4.69, 9.17) is 0 Å². The van der Waals surface area contributed by atoms with E-state index in [0.29, 0.717) is 11.9 Å². The molecule has 6 nitrogen and oxygen atoms in total. The fraction of sp³-hybridized carbons (Fsp3) is 0.909. The molecule has 7 heteroatoms. The minimum Gasteiger partial charge on any atom is -0.355 e. The lowest BCUT2D eigenvalue weighted by molar-refractivity contribution is -0.134. The number of hydrogen-bond donors (Lipinski definition) is 2. The van der Waals surface area contributed by atoms with Crippen LogP contribution in [-0.4, -0.2) is 73.0 Å². The van der Waals surface area contributed by atoms with Gasteiger partial charge in [-0.3, -0.25) is 14.7 Å². The number of likely N-dealkylation sites (tertiary alicyclic amines) is 2. The fourth-order valence-electron chi connectivity index (χ4n) is 5.05. The molecule has 1 saturated carbocycles. The summed E-state index contributed by atoms with van der Waals surface area (Å²) in [6.07, 6.45) is 8.25. The lowest BCUT2D eigenvalue weighted by Crippen LogP contribution is -2.56. The number of hydrogen-bond acceptors (Lipinski definition) is 3. The number of halogens is 1. The zero-order valence-electron chi connectivity index (χ0n) is 18.9. The van der Waals surface area contributed by atoms with Crippen molar-refractivity contribution in [1.82, 2.24) is 20.4 Å². The van der Waals surface area contributed by atoms with Crippen molar-refractivity contribution < 1.29 is 4.79 Å². The van der Waals surface area contributed by atoms with Crippen LogP contribution in [0.5, 0.6) is 0 Å². The number of nitrogens with one attached hydrogen (secondary N) is 2. The first-order chi connectivity index (χ1) is 13.4. The van der Waals surface area contributed by atoms with Gasteiger partial charge in [-0.05, 0) is 58.4 Å². The van der Waals surface area contributed by atoms with Gasteiger partial charge in [0.15, 0.2) is 5.96 Å². The third kappa shape index (κ3) is 6.71. The molecule has 2 saturated heterocycles. The highest BCUT2D eigenvalue weighted by Crippen LogP contribution is 2.28. The second-order valence-electron chi connectivity index (χ2n) is 9.83. The Morgan fingerprint density at radius 3 is 2.45 bits per heavy atom. The molecule has 2 aliphatic heterocycles. The van der Waals surface area contributed by atoms with Gasteiger partial charge in [-0.1, -0.05) is 19.8 Å². The Balaban J connectivity index is 0.00000300. The van der Waals surface area contributed by atoms with E-state index in [2.05, 4.69) is 46.2 Å². The largest absolute Gasteiger partial charge is 0.355 e. The highest BCUT2D eigenvalue weighted by atomic mass is 127. The van der Waals surface area contributed by atoms with Gasteiger partial charge >= 0.3 is 0 Å². The van der Waals surface area contributed by atoms with Gasteiger partial charge in [-0.15, -0.1) is 24.0 Å². The van der Waals surface area contributed by atoms with Crippen molar-refractivity contribution in [2.75, 3.05) is 39.8 Å². The maximum absolute atomic E-state index is 12.7. The van der Waals surface area contributed by atoms with E-state index in [9.17, 15) is 4.79 Å². The van der Waals surface area contributed by atoms with E-state index in [1.165, 1.54) is 38.8 Å². The van der Waals surface area contributed by atoms with Crippen LogP contribution in [0, 0.1) is 11.8 Å². The Bertz CT molecular complexity index is 561. The van der Waals surface area contributed by atoms with Crippen molar-refractivity contribution in [3.05, 3.63) is 0 Å². The summed E-state index contributed by atoms with van der Waals surface area (Å²) in [5.41, 5.74) is 0.104. The van der Waals surface area contributed by atoms with Crippen LogP contribution in [0.15, 0.2) is 4.99 Å². The van der Waals surface area contributed by atoms with Crippen molar-refractivity contribution in [3.63, 3.8) is 0 Å². The highest BCUT2D eigenvalue weighted by molar-refractivity contribution is 14.0. The van der Waals surface area contributed by atoms with Gasteiger partial charge in [0.25, 0.3) is 0 Å². The van der Waals surface area contributed by atoms with Crippen molar-refractivity contribution >= 4 is 35.8 Å². The number of amides is 1. The molecule has 3 fully saturated rings. The Hall–Kier alpha value is -0.570. The lowest BCUT2D eigenvalue weighted by Gasteiger charge is -2.43. The average molecular weight is 520 g/mol. The quantitative estimate of drug-likeness (QED) is 0.333. The highest BCUT2D eigenvalue weighted by Gasteiger charge is 2.33. The maximum Gasteiger partial charge on any atom is 0.225 e. The summed E-state index contributed by atoms with van der Waals surface area (Å²) in [5.74, 6) is 2.31. The summed E-state index contributed by atoms with van der Waals surface area (Å²) in [6.45, 7) is 11.9. The molecule has 3 rings (SSSR count). The molecule has 29 heavy (non-hydrogen) atoms. The van der Waals surface area contributed by atoms with Gasteiger partial charge in [-0.25, -0.2) is 0 Å². The standard InChI is InChI=1S/C22H41N5O.HI/c1-17-8-7-12-27(14-17)22(2,3)16-24-21(23-4)25-19-11-13-26(15-19)20(28)18-9-5-6-10-18;/h17-19H,5-16H2,1-4H3,(H2,23,24,25);1H. The van der Waals surface area contributed by atoms with Crippen LogP contribution < -0.4 is 10.6 Å². The van der Waals surface area contributed by atoms with Crippen molar-refractivity contribution in [1.29, 1.82) is 0 Å². The molecule has 0 aromatic carbocycles. The number of nitrogens with zero attached hydrogens (tertiary/aromatic N) is 3. The second-order valence-corrected chi connectivity index (χ2v) is 9.83. The Morgan fingerprint density at radius 2 is 1.79 bits per heavy atom. The van der Waals surface area contributed by atoms with E-state index < -0.39 is 0 Å². The summed E-state index contributed by atoms with van der Waals surface area (Å²) >= 11 is 0. The molecule has 0 radical (unpaired) electrons. The number of carbonyl (C=O) groups is 1. The first-order valence-electron chi connectivity index (χ1n) is 11.4. The summed E-state index contributed by atoms with van der Waals surface area (Å²) in [5, 5.41) is 7.09. The topological polar surface area (TPSA) is 60.0 Å². The third-order valence-electron chi connectivity index (χ3n) is 6.97. The molecule has 0 aromatic heterocycles. The van der Waals surface area contributed by atoms with Crippen molar-refractivity contribution in [3.8, 4) is 0 Å². The van der Waals surface area contributed by atoms with Crippen LogP contribution in [0.25, 0.3) is 0 Å². The summed E-state index contributed by atoms with van der Waals surface area (Å²) < 4.78 is 0. The molecule has 2 N–H and O–H groups in total. The first kappa shape index (κ1) is 24.7. The Labute approximate surface area is 194 Å². The van der Waals surface area contributed by atoms with Crippen LogP contribution in [0.2, 0.25) is 0 Å². The van der Waals surface area contributed by atoms with Gasteiger partial charge in [0.05, 0.1) is 0 Å². The predicted molar refractivity (Wildman–Crippen MR) is 131 cm³/mol. The lowest BCUT2D eigenvalue weighted by atomic mass is 9.93. The van der Waals surface area contributed by atoms with Crippen LogP contribution in [0.3, 0.4) is 0 Å². The minimum absolute atomic E-state index is 0. The molecular formula is C22H42IN5O. The number of guanidine groups is 1. The number of carbonyl (C=O) groups excluding carboxylic acids is 1. The normalized spacial score (nSPS) is 27.0. The number of rotatable bonds is 5. The van der Waals surface area contributed by atoms with E-state index >= 15 is 0 Å². The van der Waals surface area contributed by atoms with Gasteiger partial charge in [0.1, 0.15) is 0 Å². The van der Waals surface area contributed by atoms with Crippen molar-refractivity contribution in [2.24, 2.45) is 16.8 Å². The molecule has 2 unspecified atom stereocenters. The molecule has 3 aliphatic rings. The van der Waals surface area contributed by atoms with Gasteiger partial charge in [-0.2, -0.15) is 0 Å². The maximum atomic E-state index is 12.7. The first-order valence-corrected chi connectivity index (χ1v) is 11.4. The van der Waals surface area contributed by atoms with Crippen LogP contribution in [-0.2, 0) is 4.79 Å². The van der Waals surface area contributed by atoms with Crippen LogP contribution in [0.4, 0.5) is 0 Å². The Morgan fingerprint density at radius 1 is 1.07 bits per heavy atom. The van der Waals surface area contributed by atoms with E-state index in [-0.39, 0.29) is 35.4 Å². The van der Waals surface area contributed by atoms with Crippen LogP contribution >= 0.6 is 24.0 Å². The van der Waals surface area contributed by atoms with E-state index in [1.807, 2.05) is 7.05 Å². The van der Waals surface area contributed by atoms with Gasteiger partial charge < -0.3 is 15.5 Å². The van der Waals surface area contributed by atoms with Crippen LogP contribution in [0.1, 0.15) is 65.7 Å². The molecule has 2 heterocycles. The molecule has 2 atom stereocenters. The van der Waals surface area contributed by atoms with E-state index in [1.54, 1.807) is 0 Å². The van der Waals surface area contributed by atoms with E-state index in [0.717, 1.165) is 50.8 Å². The number of aliphatic imine (C=N–C) groups is 1. The smallest absolute Gasteiger partial charge is 0.225 e. The number of piperidine rings is 1. The fourth-order valence-corrected chi connectivity index (χ4v) is 5.05. The monoisotopic (exact) mass is 519 g/mol. The molecule has 0 spiro atoms. The van der Waals surface area contributed by atoms with Crippen molar-refractivity contribution in [2.45, 2.75) is 77.3 Å². The molecule has 1 aliphatic carbocycles.